The molecule has 0 aliphatic heterocycles. The predicted octanol–water partition coefficient (Wildman–Crippen LogP) is 1.76. The number of nitrogens with one attached hydrogen (secondary N) is 1. The van der Waals surface area contributed by atoms with Gasteiger partial charge in [-0.3, -0.25) is 9.59 Å². The molecule has 0 spiro atoms. The Morgan fingerprint density at radius 3 is 2.44 bits per heavy atom. The van der Waals surface area contributed by atoms with Crippen molar-refractivity contribution in [3.63, 3.8) is 0 Å². The zero-order chi connectivity index (χ0) is 11.7. The van der Waals surface area contributed by atoms with Crippen LogP contribution in [0.4, 0.5) is 0 Å². The number of Topliss-reactive ketones (excluding diaryl/α,β-unsaturated/α-hetero) is 1. The van der Waals surface area contributed by atoms with Crippen LogP contribution in [-0.2, 0) is 4.79 Å². The van der Waals surface area contributed by atoms with Crippen molar-refractivity contribution in [3.8, 4) is 0 Å². The van der Waals surface area contributed by atoms with Crippen LogP contribution in [0.1, 0.15) is 34.3 Å². The highest BCUT2D eigenvalue weighted by Gasteiger charge is 2.26. The lowest BCUT2D eigenvalue weighted by atomic mass is 10.0. The van der Waals surface area contributed by atoms with E-state index in [1.807, 2.05) is 19.9 Å². The minimum atomic E-state index is -0.481. The largest absolute Gasteiger partial charge is 0.346 e. The van der Waals surface area contributed by atoms with E-state index >= 15 is 0 Å². The Kier molecular flexibility index (Phi) is 2.77. The van der Waals surface area contributed by atoms with E-state index in [9.17, 15) is 9.59 Å². The molecule has 16 heavy (non-hydrogen) atoms. The maximum absolute atomic E-state index is 11.8. The van der Waals surface area contributed by atoms with Crippen molar-refractivity contribution < 1.29 is 9.59 Å². The molecule has 2 rings (SSSR count). The lowest BCUT2D eigenvalue weighted by Gasteiger charge is -2.05. The fourth-order valence-electron chi connectivity index (χ4n) is 1.49. The number of carbonyl (C=O) groups excluding carboxylic acids is 2. The summed E-state index contributed by atoms with van der Waals surface area (Å²) in [6.45, 7) is 3.92. The van der Waals surface area contributed by atoms with Crippen LogP contribution < -0.4 is 5.32 Å². The molecule has 0 bridgehead atoms. The Balaban J connectivity index is 2.12. The van der Waals surface area contributed by atoms with Crippen molar-refractivity contribution in [2.45, 2.75) is 32.7 Å². The second kappa shape index (κ2) is 4.08. The fourth-order valence-corrected chi connectivity index (χ4v) is 1.49. The first kappa shape index (κ1) is 10.9. The number of benzene rings is 1. The molecule has 0 radical (unpaired) electrons. The maximum Gasteiger partial charge on any atom is 0.292 e. The quantitative estimate of drug-likeness (QED) is 0.619. The summed E-state index contributed by atoms with van der Waals surface area (Å²) in [5.41, 5.74) is 2.63. The second-order valence-corrected chi connectivity index (χ2v) is 4.38. The molecule has 1 saturated carbocycles. The Bertz CT molecular complexity index is 447. The van der Waals surface area contributed by atoms with Crippen molar-refractivity contribution >= 4 is 11.7 Å². The monoisotopic (exact) mass is 217 g/mol. The normalized spacial score (nSPS) is 14.6. The van der Waals surface area contributed by atoms with Gasteiger partial charge in [0.2, 0.25) is 5.78 Å². The summed E-state index contributed by atoms with van der Waals surface area (Å²) in [7, 11) is 0. The predicted molar refractivity (Wildman–Crippen MR) is 61.4 cm³/mol. The van der Waals surface area contributed by atoms with E-state index in [0.717, 1.165) is 24.0 Å². The molecular formula is C13H15NO2. The first-order valence-electron chi connectivity index (χ1n) is 5.50. The van der Waals surface area contributed by atoms with Gasteiger partial charge in [-0.1, -0.05) is 12.1 Å². The number of ketones is 1. The van der Waals surface area contributed by atoms with Gasteiger partial charge in [-0.2, -0.15) is 0 Å². The van der Waals surface area contributed by atoms with Crippen LogP contribution in [0.3, 0.4) is 0 Å². The van der Waals surface area contributed by atoms with Crippen LogP contribution in [0, 0.1) is 13.8 Å². The minimum absolute atomic E-state index is 0.225. The zero-order valence-electron chi connectivity index (χ0n) is 9.54. The number of carbonyl (C=O) groups is 2. The number of aryl methyl sites for hydroxylation is 2. The van der Waals surface area contributed by atoms with Crippen molar-refractivity contribution in [2.75, 3.05) is 0 Å². The number of amides is 1. The Labute approximate surface area is 94.9 Å². The summed E-state index contributed by atoms with van der Waals surface area (Å²) in [5.74, 6) is -0.916. The fraction of sp³-hybridized carbons (Fsp3) is 0.385. The summed E-state index contributed by atoms with van der Waals surface area (Å²) in [5, 5.41) is 2.70. The average Bonchev–Trinajstić information content (AvgIpc) is 3.05. The third-order valence-corrected chi connectivity index (χ3v) is 2.89. The lowest BCUT2D eigenvalue weighted by Crippen LogP contribution is -2.32. The SMILES string of the molecule is Cc1ccc(C(=O)C(=O)NC2CC2)cc1C. The van der Waals surface area contributed by atoms with Crippen molar-refractivity contribution in [2.24, 2.45) is 0 Å². The molecule has 0 unspecified atom stereocenters. The highest BCUT2D eigenvalue weighted by Crippen LogP contribution is 2.19. The number of hydrogen-bond donors (Lipinski definition) is 1. The number of rotatable bonds is 3. The van der Waals surface area contributed by atoms with Crippen molar-refractivity contribution in [1.29, 1.82) is 0 Å². The molecule has 0 saturated heterocycles. The highest BCUT2D eigenvalue weighted by molar-refractivity contribution is 6.42. The first-order valence-corrected chi connectivity index (χ1v) is 5.50. The molecule has 3 nitrogen and oxygen atoms in total. The molecule has 1 amide bonds. The Hall–Kier alpha value is -1.64. The van der Waals surface area contributed by atoms with E-state index in [2.05, 4.69) is 5.32 Å². The molecule has 0 heterocycles. The molecule has 1 aliphatic rings. The maximum atomic E-state index is 11.8. The van der Waals surface area contributed by atoms with E-state index in [-0.39, 0.29) is 6.04 Å². The molecule has 0 aromatic heterocycles. The van der Waals surface area contributed by atoms with E-state index in [4.69, 9.17) is 0 Å². The second-order valence-electron chi connectivity index (χ2n) is 4.38. The van der Waals surface area contributed by atoms with Crippen LogP contribution in [0.25, 0.3) is 0 Å². The van der Waals surface area contributed by atoms with Gasteiger partial charge in [0.1, 0.15) is 0 Å². The molecule has 84 valence electrons. The van der Waals surface area contributed by atoms with Crippen molar-refractivity contribution in [3.05, 3.63) is 34.9 Å². The van der Waals surface area contributed by atoms with Gasteiger partial charge < -0.3 is 5.32 Å². The summed E-state index contributed by atoms with van der Waals surface area (Å²) in [4.78, 5) is 23.3. The van der Waals surface area contributed by atoms with Crippen LogP contribution in [0.5, 0.6) is 0 Å². The lowest BCUT2D eigenvalue weighted by molar-refractivity contribution is -0.117. The topological polar surface area (TPSA) is 46.2 Å². The van der Waals surface area contributed by atoms with Gasteiger partial charge in [0.15, 0.2) is 0 Å². The van der Waals surface area contributed by atoms with Crippen LogP contribution >= 0.6 is 0 Å². The summed E-state index contributed by atoms with van der Waals surface area (Å²) < 4.78 is 0. The number of hydrogen-bond acceptors (Lipinski definition) is 2. The summed E-state index contributed by atoms with van der Waals surface area (Å²) in [6.07, 6.45) is 1.98. The summed E-state index contributed by atoms with van der Waals surface area (Å²) >= 11 is 0. The third kappa shape index (κ3) is 2.30. The summed E-state index contributed by atoms with van der Waals surface area (Å²) in [6, 6.07) is 5.57. The molecule has 1 aromatic carbocycles. The van der Waals surface area contributed by atoms with Gasteiger partial charge in [0, 0.05) is 11.6 Å². The Morgan fingerprint density at radius 2 is 1.88 bits per heavy atom. The van der Waals surface area contributed by atoms with Gasteiger partial charge in [0.25, 0.3) is 5.91 Å². The van der Waals surface area contributed by atoms with E-state index < -0.39 is 11.7 Å². The highest BCUT2D eigenvalue weighted by atomic mass is 16.2. The zero-order valence-corrected chi connectivity index (χ0v) is 9.54. The van der Waals surface area contributed by atoms with E-state index in [1.54, 1.807) is 12.1 Å². The van der Waals surface area contributed by atoms with Gasteiger partial charge in [-0.15, -0.1) is 0 Å². The molecule has 1 fully saturated rings. The third-order valence-electron chi connectivity index (χ3n) is 2.89. The van der Waals surface area contributed by atoms with Gasteiger partial charge in [0.05, 0.1) is 0 Å². The smallest absolute Gasteiger partial charge is 0.292 e. The van der Waals surface area contributed by atoms with E-state index in [0.29, 0.717) is 5.56 Å². The Morgan fingerprint density at radius 1 is 1.19 bits per heavy atom. The molecule has 1 N–H and O–H groups in total. The minimum Gasteiger partial charge on any atom is -0.346 e. The van der Waals surface area contributed by atoms with Gasteiger partial charge in [-0.25, -0.2) is 0 Å². The molecule has 3 heteroatoms. The van der Waals surface area contributed by atoms with Gasteiger partial charge in [-0.05, 0) is 43.9 Å². The first-order chi connectivity index (χ1) is 7.58. The van der Waals surface area contributed by atoms with Crippen molar-refractivity contribution in [1.82, 2.24) is 5.32 Å². The molecule has 0 atom stereocenters. The van der Waals surface area contributed by atoms with E-state index in [1.165, 1.54) is 0 Å². The van der Waals surface area contributed by atoms with Crippen LogP contribution in [0.2, 0.25) is 0 Å². The van der Waals surface area contributed by atoms with Crippen LogP contribution in [-0.4, -0.2) is 17.7 Å². The average molecular weight is 217 g/mol. The molecule has 1 aliphatic carbocycles. The van der Waals surface area contributed by atoms with Crippen LogP contribution in [0.15, 0.2) is 18.2 Å². The molecular weight excluding hydrogens is 202 g/mol. The molecule has 1 aromatic rings. The standard InChI is InChI=1S/C13H15NO2/c1-8-3-4-10(7-9(8)2)12(15)13(16)14-11-5-6-11/h3-4,7,11H,5-6H2,1-2H3,(H,14,16). The van der Waals surface area contributed by atoms with Gasteiger partial charge >= 0.3 is 0 Å².